The van der Waals surface area contributed by atoms with Crippen molar-refractivity contribution >= 4 is 21.8 Å². The minimum atomic E-state index is -2.25. The molecule has 0 fully saturated rings. The standard InChI is InChI=1S/C16H11BrF5NO/c1-7(8-4-2-3-5-10(8)17)23-11(24)6-9-12(18)14(20)16(22)15(21)13(9)19/h2-5,7H,6H2,1H3,(H,23,24). The van der Waals surface area contributed by atoms with Crippen LogP contribution in [0.1, 0.15) is 24.1 Å². The summed E-state index contributed by atoms with van der Waals surface area (Å²) >= 11 is 3.29. The van der Waals surface area contributed by atoms with E-state index in [0.29, 0.717) is 10.0 Å². The minimum absolute atomic E-state index is 0.533. The second kappa shape index (κ2) is 7.29. The number of nitrogens with one attached hydrogen (secondary N) is 1. The Bertz CT molecular complexity index is 767. The average molecular weight is 408 g/mol. The van der Waals surface area contributed by atoms with Gasteiger partial charge in [-0.25, -0.2) is 22.0 Å². The van der Waals surface area contributed by atoms with Crippen molar-refractivity contribution in [2.45, 2.75) is 19.4 Å². The van der Waals surface area contributed by atoms with Crippen LogP contribution in [0.2, 0.25) is 0 Å². The molecule has 0 radical (unpaired) electrons. The van der Waals surface area contributed by atoms with Gasteiger partial charge in [0.25, 0.3) is 0 Å². The van der Waals surface area contributed by atoms with Gasteiger partial charge >= 0.3 is 0 Å². The molecule has 2 aromatic rings. The van der Waals surface area contributed by atoms with Gasteiger partial charge in [0.2, 0.25) is 11.7 Å². The molecule has 0 bridgehead atoms. The largest absolute Gasteiger partial charge is 0.349 e. The highest BCUT2D eigenvalue weighted by Gasteiger charge is 2.27. The molecule has 2 aromatic carbocycles. The van der Waals surface area contributed by atoms with E-state index in [4.69, 9.17) is 0 Å². The van der Waals surface area contributed by atoms with Crippen LogP contribution in [0.5, 0.6) is 0 Å². The average Bonchev–Trinajstić information content (AvgIpc) is 2.55. The summed E-state index contributed by atoms with van der Waals surface area (Å²) in [6.07, 6.45) is -0.972. The molecule has 0 saturated heterocycles. The van der Waals surface area contributed by atoms with E-state index < -0.39 is 53.0 Å². The van der Waals surface area contributed by atoms with Gasteiger partial charge in [-0.1, -0.05) is 34.1 Å². The van der Waals surface area contributed by atoms with E-state index in [1.54, 1.807) is 31.2 Å². The number of benzene rings is 2. The third kappa shape index (κ3) is 3.58. The molecule has 0 heterocycles. The first-order valence-electron chi connectivity index (χ1n) is 6.78. The van der Waals surface area contributed by atoms with Crippen LogP contribution in [0.25, 0.3) is 0 Å². The fourth-order valence-corrected chi connectivity index (χ4v) is 2.79. The summed E-state index contributed by atoms with van der Waals surface area (Å²) in [6, 6.07) is 6.41. The van der Waals surface area contributed by atoms with Crippen LogP contribution in [0.4, 0.5) is 22.0 Å². The molecular formula is C16H11BrF5NO. The fourth-order valence-electron chi connectivity index (χ4n) is 2.16. The zero-order valence-corrected chi connectivity index (χ0v) is 13.9. The van der Waals surface area contributed by atoms with Gasteiger partial charge in [-0.3, -0.25) is 4.79 Å². The minimum Gasteiger partial charge on any atom is -0.349 e. The van der Waals surface area contributed by atoms with Gasteiger partial charge in [0, 0.05) is 10.0 Å². The molecule has 0 aliphatic rings. The molecular weight excluding hydrogens is 397 g/mol. The highest BCUT2D eigenvalue weighted by Crippen LogP contribution is 2.25. The number of rotatable bonds is 4. The highest BCUT2D eigenvalue weighted by atomic mass is 79.9. The summed E-state index contributed by atoms with van der Waals surface area (Å²) in [5, 5.41) is 2.45. The maximum Gasteiger partial charge on any atom is 0.225 e. The van der Waals surface area contributed by atoms with Crippen LogP contribution in [0.15, 0.2) is 28.7 Å². The molecule has 8 heteroatoms. The van der Waals surface area contributed by atoms with Crippen molar-refractivity contribution in [3.63, 3.8) is 0 Å². The molecule has 2 rings (SSSR count). The number of carbonyl (C=O) groups excluding carboxylic acids is 1. The van der Waals surface area contributed by atoms with Gasteiger partial charge in [0.1, 0.15) is 0 Å². The van der Waals surface area contributed by atoms with Gasteiger partial charge < -0.3 is 5.32 Å². The molecule has 0 saturated carbocycles. The van der Waals surface area contributed by atoms with Crippen molar-refractivity contribution in [1.29, 1.82) is 0 Å². The molecule has 0 aliphatic carbocycles. The Morgan fingerprint density at radius 1 is 1.00 bits per heavy atom. The van der Waals surface area contributed by atoms with Gasteiger partial charge in [-0.05, 0) is 18.6 Å². The SMILES string of the molecule is CC(NC(=O)Cc1c(F)c(F)c(F)c(F)c1F)c1ccccc1Br. The molecule has 1 unspecified atom stereocenters. The Hall–Kier alpha value is -1.96. The highest BCUT2D eigenvalue weighted by molar-refractivity contribution is 9.10. The molecule has 1 N–H and O–H groups in total. The zero-order chi connectivity index (χ0) is 18.0. The van der Waals surface area contributed by atoms with Crippen LogP contribution in [0, 0.1) is 29.1 Å². The molecule has 2 nitrogen and oxygen atoms in total. The summed E-state index contributed by atoms with van der Waals surface area (Å²) in [5.74, 6) is -11.3. The predicted octanol–water partition coefficient (Wildman–Crippen LogP) is 4.56. The van der Waals surface area contributed by atoms with E-state index in [9.17, 15) is 26.7 Å². The Labute approximate surface area is 142 Å². The number of amides is 1. The normalized spacial score (nSPS) is 12.1. The molecule has 0 aromatic heterocycles. The Balaban J connectivity index is 2.21. The van der Waals surface area contributed by atoms with Crippen molar-refractivity contribution in [1.82, 2.24) is 5.32 Å². The van der Waals surface area contributed by atoms with Gasteiger partial charge in [-0.15, -0.1) is 0 Å². The van der Waals surface area contributed by atoms with E-state index in [2.05, 4.69) is 21.2 Å². The molecule has 1 amide bonds. The summed E-state index contributed by atoms with van der Waals surface area (Å²) in [5.41, 5.74) is -0.466. The molecule has 0 spiro atoms. The van der Waals surface area contributed by atoms with Crippen LogP contribution in [-0.2, 0) is 11.2 Å². The molecule has 24 heavy (non-hydrogen) atoms. The van der Waals surface area contributed by atoms with Gasteiger partial charge in [0.15, 0.2) is 23.3 Å². The molecule has 1 atom stereocenters. The summed E-state index contributed by atoms with van der Waals surface area (Å²) < 4.78 is 67.1. The van der Waals surface area contributed by atoms with Crippen LogP contribution in [-0.4, -0.2) is 5.91 Å². The monoisotopic (exact) mass is 407 g/mol. The first-order valence-corrected chi connectivity index (χ1v) is 7.57. The van der Waals surface area contributed by atoms with E-state index in [-0.39, 0.29) is 0 Å². The van der Waals surface area contributed by atoms with Crippen LogP contribution < -0.4 is 5.32 Å². The van der Waals surface area contributed by atoms with Crippen LogP contribution in [0.3, 0.4) is 0 Å². The van der Waals surface area contributed by atoms with Crippen molar-refractivity contribution in [3.05, 3.63) is 69.0 Å². The third-order valence-corrected chi connectivity index (χ3v) is 4.11. The van der Waals surface area contributed by atoms with Gasteiger partial charge in [0.05, 0.1) is 12.5 Å². The van der Waals surface area contributed by atoms with E-state index in [1.807, 2.05) is 0 Å². The second-order valence-electron chi connectivity index (χ2n) is 5.04. The molecule has 0 aliphatic heterocycles. The second-order valence-corrected chi connectivity index (χ2v) is 5.89. The molecule has 128 valence electrons. The van der Waals surface area contributed by atoms with E-state index in [1.165, 1.54) is 0 Å². The zero-order valence-electron chi connectivity index (χ0n) is 12.3. The Kier molecular flexibility index (Phi) is 5.58. The third-order valence-electron chi connectivity index (χ3n) is 3.39. The lowest BCUT2D eigenvalue weighted by Gasteiger charge is -2.16. The van der Waals surface area contributed by atoms with Crippen molar-refractivity contribution in [2.24, 2.45) is 0 Å². The summed E-state index contributed by atoms with van der Waals surface area (Å²) in [7, 11) is 0. The van der Waals surface area contributed by atoms with Crippen molar-refractivity contribution in [2.75, 3.05) is 0 Å². The number of hydrogen-bond donors (Lipinski definition) is 1. The smallest absolute Gasteiger partial charge is 0.225 e. The first kappa shape index (κ1) is 18.4. The number of hydrogen-bond acceptors (Lipinski definition) is 1. The van der Waals surface area contributed by atoms with Crippen LogP contribution >= 0.6 is 15.9 Å². The predicted molar refractivity (Wildman–Crippen MR) is 80.6 cm³/mol. The van der Waals surface area contributed by atoms with E-state index >= 15 is 0 Å². The summed E-state index contributed by atoms with van der Waals surface area (Å²) in [4.78, 5) is 11.9. The van der Waals surface area contributed by atoms with Crippen molar-refractivity contribution < 1.29 is 26.7 Å². The van der Waals surface area contributed by atoms with E-state index in [0.717, 1.165) is 0 Å². The summed E-state index contributed by atoms with van der Waals surface area (Å²) in [6.45, 7) is 1.62. The van der Waals surface area contributed by atoms with Gasteiger partial charge in [-0.2, -0.15) is 0 Å². The quantitative estimate of drug-likeness (QED) is 0.449. The topological polar surface area (TPSA) is 29.1 Å². The lowest BCUT2D eigenvalue weighted by molar-refractivity contribution is -0.121. The fraction of sp³-hybridized carbons (Fsp3) is 0.188. The first-order chi connectivity index (χ1) is 11.2. The maximum atomic E-state index is 13.6. The Morgan fingerprint density at radius 3 is 2.04 bits per heavy atom. The lowest BCUT2D eigenvalue weighted by Crippen LogP contribution is -2.29. The maximum absolute atomic E-state index is 13.6. The Morgan fingerprint density at radius 2 is 1.50 bits per heavy atom. The number of carbonyl (C=O) groups is 1. The number of halogens is 6. The van der Waals surface area contributed by atoms with Crippen molar-refractivity contribution in [3.8, 4) is 0 Å². The lowest BCUT2D eigenvalue weighted by atomic mass is 10.1.